The van der Waals surface area contributed by atoms with E-state index in [1.807, 2.05) is 56.6 Å². The Morgan fingerprint density at radius 1 is 1.08 bits per heavy atom. The summed E-state index contributed by atoms with van der Waals surface area (Å²) in [4.78, 5) is 16.1. The topological polar surface area (TPSA) is 35.6 Å². The summed E-state index contributed by atoms with van der Waals surface area (Å²) in [5.41, 5.74) is 2.19. The van der Waals surface area contributed by atoms with Crippen LogP contribution >= 0.6 is 11.6 Å². The second-order valence-electron chi connectivity index (χ2n) is 6.06. The molecule has 0 heterocycles. The lowest BCUT2D eigenvalue weighted by molar-refractivity contribution is 0.200. The second kappa shape index (κ2) is 8.71. The van der Waals surface area contributed by atoms with Crippen molar-refractivity contribution >= 4 is 17.6 Å². The lowest BCUT2D eigenvalue weighted by Gasteiger charge is -2.26. The summed E-state index contributed by atoms with van der Waals surface area (Å²) in [6.07, 6.45) is 0. The zero-order chi connectivity index (χ0) is 17.5. The van der Waals surface area contributed by atoms with E-state index >= 15 is 0 Å². The van der Waals surface area contributed by atoms with Crippen molar-refractivity contribution in [2.45, 2.75) is 12.6 Å². The molecule has 0 aliphatic heterocycles. The Hall–Kier alpha value is -2.04. The number of urea groups is 1. The summed E-state index contributed by atoms with van der Waals surface area (Å²) in [5.74, 6) is 0. The third-order valence-corrected chi connectivity index (χ3v) is 4.14. The number of amides is 2. The number of nitrogens with zero attached hydrogens (tertiary/aromatic N) is 2. The van der Waals surface area contributed by atoms with Gasteiger partial charge in [-0.1, -0.05) is 54.1 Å². The molecule has 1 unspecified atom stereocenters. The van der Waals surface area contributed by atoms with Crippen molar-refractivity contribution in [1.29, 1.82) is 0 Å². The van der Waals surface area contributed by atoms with Gasteiger partial charge in [-0.3, -0.25) is 0 Å². The molecule has 0 spiro atoms. The summed E-state index contributed by atoms with van der Waals surface area (Å²) in [6, 6.07) is 17.8. The molecule has 24 heavy (non-hydrogen) atoms. The van der Waals surface area contributed by atoms with E-state index in [1.165, 1.54) is 5.56 Å². The summed E-state index contributed by atoms with van der Waals surface area (Å²) in [6.45, 7) is 1.07. The van der Waals surface area contributed by atoms with Crippen molar-refractivity contribution in [1.82, 2.24) is 15.1 Å². The molecule has 0 saturated heterocycles. The van der Waals surface area contributed by atoms with Crippen molar-refractivity contribution in [3.63, 3.8) is 0 Å². The molecular weight excluding hydrogens is 322 g/mol. The number of halogens is 1. The van der Waals surface area contributed by atoms with Gasteiger partial charge in [-0.15, -0.1) is 0 Å². The molecule has 0 bridgehead atoms. The average molecular weight is 346 g/mol. The van der Waals surface area contributed by atoms with Crippen LogP contribution in [0.3, 0.4) is 0 Å². The van der Waals surface area contributed by atoms with Crippen LogP contribution in [0.5, 0.6) is 0 Å². The lowest BCUT2D eigenvalue weighted by atomic mass is 10.1. The van der Waals surface area contributed by atoms with Crippen molar-refractivity contribution < 1.29 is 4.79 Å². The molecule has 2 aromatic carbocycles. The van der Waals surface area contributed by atoms with Crippen LogP contribution in [0.1, 0.15) is 17.2 Å². The van der Waals surface area contributed by atoms with E-state index < -0.39 is 0 Å². The summed E-state index contributed by atoms with van der Waals surface area (Å²) < 4.78 is 0. The highest BCUT2D eigenvalue weighted by atomic mass is 35.5. The maximum absolute atomic E-state index is 12.4. The van der Waals surface area contributed by atoms with Gasteiger partial charge in [0.2, 0.25) is 0 Å². The molecule has 2 amide bonds. The third kappa shape index (κ3) is 5.25. The largest absolute Gasteiger partial charge is 0.336 e. The number of rotatable bonds is 6. The van der Waals surface area contributed by atoms with Crippen LogP contribution in [-0.2, 0) is 6.54 Å². The maximum atomic E-state index is 12.4. The van der Waals surface area contributed by atoms with E-state index in [-0.39, 0.29) is 12.1 Å². The number of nitrogens with one attached hydrogen (secondary N) is 1. The summed E-state index contributed by atoms with van der Waals surface area (Å²) in [7, 11) is 5.81. The van der Waals surface area contributed by atoms with Gasteiger partial charge in [0.1, 0.15) is 0 Å². The van der Waals surface area contributed by atoms with E-state index in [9.17, 15) is 4.79 Å². The average Bonchev–Trinajstić information content (AvgIpc) is 2.55. The Morgan fingerprint density at radius 3 is 2.42 bits per heavy atom. The van der Waals surface area contributed by atoms with Gasteiger partial charge in [0.15, 0.2) is 0 Å². The number of carbonyl (C=O) groups excluding carboxylic acids is 1. The van der Waals surface area contributed by atoms with E-state index in [2.05, 4.69) is 22.3 Å². The van der Waals surface area contributed by atoms with E-state index in [0.717, 1.165) is 5.56 Å². The van der Waals surface area contributed by atoms with Crippen LogP contribution in [-0.4, -0.2) is 43.5 Å². The molecule has 0 radical (unpaired) electrons. The van der Waals surface area contributed by atoms with Crippen molar-refractivity contribution in [2.75, 3.05) is 27.7 Å². The SMILES string of the molecule is CN(Cc1cccc(Cl)c1)C(=O)NCC(c1ccccc1)N(C)C. The predicted octanol–water partition coefficient (Wildman–Crippen LogP) is 3.78. The minimum atomic E-state index is -0.0993. The van der Waals surface area contributed by atoms with Gasteiger partial charge in [0.05, 0.1) is 6.04 Å². The smallest absolute Gasteiger partial charge is 0.317 e. The van der Waals surface area contributed by atoms with Crippen LogP contribution in [0, 0.1) is 0 Å². The first kappa shape index (κ1) is 18.3. The van der Waals surface area contributed by atoms with Gasteiger partial charge in [-0.05, 0) is 37.4 Å². The lowest BCUT2D eigenvalue weighted by Crippen LogP contribution is -2.41. The molecule has 0 saturated carbocycles. The fourth-order valence-corrected chi connectivity index (χ4v) is 2.79. The third-order valence-electron chi connectivity index (χ3n) is 3.91. The Balaban J connectivity index is 1.93. The Kier molecular flexibility index (Phi) is 6.64. The molecule has 0 aromatic heterocycles. The van der Waals surface area contributed by atoms with Crippen LogP contribution < -0.4 is 5.32 Å². The molecule has 2 rings (SSSR count). The number of benzene rings is 2. The molecule has 128 valence electrons. The van der Waals surface area contributed by atoms with Crippen molar-refractivity contribution in [3.8, 4) is 0 Å². The molecular formula is C19H24ClN3O. The molecule has 0 fully saturated rings. The standard InChI is InChI=1S/C19H24ClN3O/c1-22(2)18(16-9-5-4-6-10-16)13-21-19(24)23(3)14-15-8-7-11-17(20)12-15/h4-12,18H,13-14H2,1-3H3,(H,21,24). The number of carbonyl (C=O) groups is 1. The van der Waals surface area contributed by atoms with Crippen molar-refractivity contribution in [3.05, 3.63) is 70.7 Å². The minimum absolute atomic E-state index is 0.0993. The van der Waals surface area contributed by atoms with Crippen LogP contribution in [0.25, 0.3) is 0 Å². The molecule has 1 atom stereocenters. The predicted molar refractivity (Wildman–Crippen MR) is 99.2 cm³/mol. The van der Waals surface area contributed by atoms with Crippen LogP contribution in [0.4, 0.5) is 4.79 Å². The number of hydrogen-bond acceptors (Lipinski definition) is 2. The Bertz CT molecular complexity index is 661. The highest BCUT2D eigenvalue weighted by Crippen LogP contribution is 2.17. The first-order valence-electron chi connectivity index (χ1n) is 7.92. The molecule has 5 heteroatoms. The Morgan fingerprint density at radius 2 is 1.79 bits per heavy atom. The van der Waals surface area contributed by atoms with Crippen LogP contribution in [0.15, 0.2) is 54.6 Å². The van der Waals surface area contributed by atoms with E-state index in [0.29, 0.717) is 18.1 Å². The highest BCUT2D eigenvalue weighted by Gasteiger charge is 2.16. The highest BCUT2D eigenvalue weighted by molar-refractivity contribution is 6.30. The van der Waals surface area contributed by atoms with Gasteiger partial charge < -0.3 is 15.1 Å². The summed E-state index contributed by atoms with van der Waals surface area (Å²) >= 11 is 5.99. The van der Waals surface area contributed by atoms with Crippen LogP contribution in [0.2, 0.25) is 5.02 Å². The molecule has 4 nitrogen and oxygen atoms in total. The van der Waals surface area contributed by atoms with E-state index in [1.54, 1.807) is 11.9 Å². The zero-order valence-electron chi connectivity index (χ0n) is 14.4. The number of hydrogen-bond donors (Lipinski definition) is 1. The normalized spacial score (nSPS) is 12.0. The minimum Gasteiger partial charge on any atom is -0.336 e. The second-order valence-corrected chi connectivity index (χ2v) is 6.50. The number of likely N-dealkylation sites (N-methyl/N-ethyl adjacent to an activating group) is 1. The molecule has 1 N–H and O–H groups in total. The van der Waals surface area contributed by atoms with Gasteiger partial charge in [-0.2, -0.15) is 0 Å². The van der Waals surface area contributed by atoms with Gasteiger partial charge >= 0.3 is 6.03 Å². The fraction of sp³-hybridized carbons (Fsp3) is 0.316. The monoisotopic (exact) mass is 345 g/mol. The van der Waals surface area contributed by atoms with Crippen molar-refractivity contribution in [2.24, 2.45) is 0 Å². The van der Waals surface area contributed by atoms with Gasteiger partial charge in [0.25, 0.3) is 0 Å². The maximum Gasteiger partial charge on any atom is 0.317 e. The van der Waals surface area contributed by atoms with Gasteiger partial charge in [-0.25, -0.2) is 4.79 Å². The molecule has 0 aliphatic carbocycles. The first-order chi connectivity index (χ1) is 11.5. The first-order valence-corrected chi connectivity index (χ1v) is 8.30. The quantitative estimate of drug-likeness (QED) is 0.864. The summed E-state index contributed by atoms with van der Waals surface area (Å²) in [5, 5.41) is 3.69. The molecule has 0 aliphatic rings. The zero-order valence-corrected chi connectivity index (χ0v) is 15.1. The van der Waals surface area contributed by atoms with Gasteiger partial charge in [0, 0.05) is 25.2 Å². The molecule has 2 aromatic rings. The fourth-order valence-electron chi connectivity index (χ4n) is 2.57. The van der Waals surface area contributed by atoms with E-state index in [4.69, 9.17) is 11.6 Å². The Labute approximate surface area is 149 Å².